The van der Waals surface area contributed by atoms with Gasteiger partial charge in [0.1, 0.15) is 0 Å². The van der Waals surface area contributed by atoms with Crippen molar-refractivity contribution in [2.24, 2.45) is 0 Å². The van der Waals surface area contributed by atoms with Gasteiger partial charge in [0, 0.05) is 12.3 Å². The summed E-state index contributed by atoms with van der Waals surface area (Å²) in [5.41, 5.74) is -0.516. The summed E-state index contributed by atoms with van der Waals surface area (Å²) in [6, 6.07) is 3.06. The summed E-state index contributed by atoms with van der Waals surface area (Å²) in [6.45, 7) is 0.0905. The Morgan fingerprint density at radius 2 is 1.94 bits per heavy atom. The van der Waals surface area contributed by atoms with Gasteiger partial charge >= 0.3 is 29.6 Å². The Balaban J connectivity index is 0.00000120. The smallest absolute Gasteiger partial charge is 0.545 e. The largest absolute Gasteiger partial charge is 1.00 e. The van der Waals surface area contributed by atoms with E-state index in [-0.39, 0.29) is 41.7 Å². The number of carboxylic acids is 1. The van der Waals surface area contributed by atoms with Gasteiger partial charge in [0.25, 0.3) is 0 Å². The van der Waals surface area contributed by atoms with E-state index in [0.29, 0.717) is 17.0 Å². The van der Waals surface area contributed by atoms with Gasteiger partial charge in [-0.3, -0.25) is 4.79 Å². The quantitative estimate of drug-likeness (QED) is 0.537. The van der Waals surface area contributed by atoms with Crippen LogP contribution in [0.1, 0.15) is 10.4 Å². The topological polar surface area (TPSA) is 91.5 Å². The van der Waals surface area contributed by atoms with E-state index in [4.69, 9.17) is 9.47 Å². The number of fused-ring (bicyclic) bond motifs is 2. The number of benzene rings is 1. The van der Waals surface area contributed by atoms with E-state index in [1.54, 1.807) is 6.07 Å². The standard InChI is InChI=1S/C11H7NO5.Na/c13-10-5-1-8-9(17-4-16-8)2-7(5)12-3-6(10)11(14)15;/h1-3H,4H2,(H,12,13)(H,14,15);/q;+1/p-1. The van der Waals surface area contributed by atoms with Gasteiger partial charge < -0.3 is 24.4 Å². The van der Waals surface area contributed by atoms with E-state index >= 15 is 0 Å². The molecule has 0 radical (unpaired) electrons. The zero-order chi connectivity index (χ0) is 12.0. The molecule has 3 rings (SSSR count). The Labute approximate surface area is 123 Å². The number of ether oxygens (including phenoxy) is 2. The first kappa shape index (κ1) is 12.9. The second-order valence-electron chi connectivity index (χ2n) is 3.57. The van der Waals surface area contributed by atoms with Gasteiger partial charge in [-0.15, -0.1) is 0 Å². The number of hydrogen-bond donors (Lipinski definition) is 1. The van der Waals surface area contributed by atoms with Crippen LogP contribution in [0.5, 0.6) is 11.5 Å². The number of nitrogens with one attached hydrogen (secondary N) is 1. The molecule has 7 heteroatoms. The third-order valence-electron chi connectivity index (χ3n) is 2.59. The van der Waals surface area contributed by atoms with E-state index in [0.717, 1.165) is 6.20 Å². The number of carbonyl (C=O) groups is 1. The van der Waals surface area contributed by atoms with E-state index in [1.165, 1.54) is 6.07 Å². The molecule has 0 spiro atoms. The number of rotatable bonds is 1. The van der Waals surface area contributed by atoms with E-state index < -0.39 is 17.0 Å². The molecule has 0 saturated carbocycles. The van der Waals surface area contributed by atoms with Crippen molar-refractivity contribution in [1.29, 1.82) is 0 Å². The number of carboxylic acid groups (broad SMARTS) is 1. The van der Waals surface area contributed by atoms with E-state index in [9.17, 15) is 14.7 Å². The number of aromatic amines is 1. The van der Waals surface area contributed by atoms with Crippen molar-refractivity contribution in [3.63, 3.8) is 0 Å². The summed E-state index contributed by atoms with van der Waals surface area (Å²) in [6.07, 6.45) is 1.11. The molecular formula is C11H6NNaO5. The molecule has 1 aliphatic rings. The molecule has 0 saturated heterocycles. The van der Waals surface area contributed by atoms with Crippen molar-refractivity contribution in [2.75, 3.05) is 6.79 Å². The number of aromatic carboxylic acids is 1. The molecule has 18 heavy (non-hydrogen) atoms. The molecular weight excluding hydrogens is 249 g/mol. The van der Waals surface area contributed by atoms with Crippen LogP contribution in [-0.4, -0.2) is 17.7 Å². The van der Waals surface area contributed by atoms with Gasteiger partial charge in [0.15, 0.2) is 16.9 Å². The minimum absolute atomic E-state index is 0. The maximum Gasteiger partial charge on any atom is 1.00 e. The third-order valence-corrected chi connectivity index (χ3v) is 2.59. The van der Waals surface area contributed by atoms with Crippen molar-refractivity contribution in [3.05, 3.63) is 34.1 Å². The van der Waals surface area contributed by atoms with E-state index in [1.807, 2.05) is 0 Å². The maximum atomic E-state index is 11.8. The Bertz CT molecular complexity index is 694. The second-order valence-corrected chi connectivity index (χ2v) is 3.57. The Hall–Kier alpha value is -1.50. The predicted molar refractivity (Wildman–Crippen MR) is 55.0 cm³/mol. The molecule has 0 bridgehead atoms. The summed E-state index contributed by atoms with van der Waals surface area (Å²) >= 11 is 0. The normalized spacial score (nSPS) is 12.2. The molecule has 2 heterocycles. The zero-order valence-corrected chi connectivity index (χ0v) is 11.5. The van der Waals surface area contributed by atoms with Gasteiger partial charge in [0.2, 0.25) is 6.79 Å². The van der Waals surface area contributed by atoms with Gasteiger partial charge in [-0.05, 0) is 6.07 Å². The number of carbonyl (C=O) groups excluding carboxylic acids is 1. The third kappa shape index (κ3) is 1.88. The van der Waals surface area contributed by atoms with Gasteiger partial charge in [-0.1, -0.05) is 0 Å². The molecule has 0 aliphatic carbocycles. The summed E-state index contributed by atoms with van der Waals surface area (Å²) in [7, 11) is 0. The van der Waals surface area contributed by atoms with Crippen LogP contribution in [0.15, 0.2) is 23.1 Å². The number of H-pyrrole nitrogens is 1. The zero-order valence-electron chi connectivity index (χ0n) is 9.48. The molecule has 1 N–H and O–H groups in total. The van der Waals surface area contributed by atoms with Crippen molar-refractivity contribution in [3.8, 4) is 11.5 Å². The van der Waals surface area contributed by atoms with Crippen LogP contribution >= 0.6 is 0 Å². The van der Waals surface area contributed by atoms with Crippen LogP contribution in [0.3, 0.4) is 0 Å². The summed E-state index contributed by atoms with van der Waals surface area (Å²) in [4.78, 5) is 25.3. The second kappa shape index (κ2) is 4.64. The van der Waals surface area contributed by atoms with Crippen LogP contribution < -0.4 is 49.6 Å². The molecule has 0 atom stereocenters. The molecule has 1 aliphatic heterocycles. The van der Waals surface area contributed by atoms with E-state index in [2.05, 4.69) is 4.98 Å². The molecule has 2 aromatic rings. The van der Waals surface area contributed by atoms with Gasteiger partial charge in [0.05, 0.1) is 22.4 Å². The minimum Gasteiger partial charge on any atom is -0.545 e. The van der Waals surface area contributed by atoms with Crippen molar-refractivity contribution in [1.82, 2.24) is 4.98 Å². The summed E-state index contributed by atoms with van der Waals surface area (Å²) in [5, 5.41) is 10.9. The van der Waals surface area contributed by atoms with Gasteiger partial charge in [-0.25, -0.2) is 0 Å². The minimum atomic E-state index is -1.51. The molecule has 86 valence electrons. The first-order valence-corrected chi connectivity index (χ1v) is 4.83. The first-order valence-electron chi connectivity index (χ1n) is 4.83. The van der Waals surface area contributed by atoms with Gasteiger partial charge in [-0.2, -0.15) is 0 Å². The Morgan fingerprint density at radius 1 is 1.28 bits per heavy atom. The molecule has 0 amide bonds. The Morgan fingerprint density at radius 3 is 2.61 bits per heavy atom. The predicted octanol–water partition coefficient (Wildman–Crippen LogP) is -3.38. The first-order chi connectivity index (χ1) is 8.16. The maximum absolute atomic E-state index is 11.8. The molecule has 1 aromatic heterocycles. The molecule has 0 unspecified atom stereocenters. The van der Waals surface area contributed by atoms with Crippen LogP contribution in [0, 0.1) is 0 Å². The number of aromatic nitrogens is 1. The van der Waals surface area contributed by atoms with Crippen LogP contribution in [0.25, 0.3) is 10.9 Å². The fourth-order valence-corrected chi connectivity index (χ4v) is 1.76. The Kier molecular flexibility index (Phi) is 3.34. The summed E-state index contributed by atoms with van der Waals surface area (Å²) < 4.78 is 10.3. The van der Waals surface area contributed by atoms with Crippen LogP contribution in [0.4, 0.5) is 0 Å². The van der Waals surface area contributed by atoms with Crippen LogP contribution in [-0.2, 0) is 0 Å². The average Bonchev–Trinajstić information content (AvgIpc) is 2.73. The van der Waals surface area contributed by atoms with Crippen molar-refractivity contribution in [2.45, 2.75) is 0 Å². The van der Waals surface area contributed by atoms with Crippen molar-refractivity contribution >= 4 is 16.9 Å². The van der Waals surface area contributed by atoms with Crippen LogP contribution in [0.2, 0.25) is 0 Å². The fourth-order valence-electron chi connectivity index (χ4n) is 1.76. The molecule has 6 nitrogen and oxygen atoms in total. The summed E-state index contributed by atoms with van der Waals surface area (Å²) in [5.74, 6) is -0.557. The monoisotopic (exact) mass is 255 g/mol. The van der Waals surface area contributed by atoms with Crippen molar-refractivity contribution < 1.29 is 48.9 Å². The molecule has 1 aromatic carbocycles. The SMILES string of the molecule is O=C([O-])c1c[nH]c2cc3c(cc2c1=O)OCO3.[Na+]. The molecule has 0 fully saturated rings. The average molecular weight is 255 g/mol. The number of pyridine rings is 1. The number of hydrogen-bond acceptors (Lipinski definition) is 5. The fraction of sp³-hybridized carbons (Fsp3) is 0.0909.